The van der Waals surface area contributed by atoms with Crippen molar-refractivity contribution in [1.82, 2.24) is 4.90 Å². The molecule has 0 spiro atoms. The topological polar surface area (TPSA) is 55.8 Å². The number of carbonyl (C=O) groups is 2. The molecule has 1 aromatic rings. The van der Waals surface area contributed by atoms with Crippen LogP contribution in [0.1, 0.15) is 153 Å². The maximum Gasteiger partial charge on any atom is 0.222 e. The zero-order valence-electron chi connectivity index (χ0n) is 31.4. The van der Waals surface area contributed by atoms with Crippen LogP contribution in [-0.4, -0.2) is 36.3 Å². The Labute approximate surface area is 300 Å². The van der Waals surface area contributed by atoms with Crippen molar-refractivity contribution >= 4 is 11.7 Å². The molecule has 5 nitrogen and oxygen atoms in total. The fraction of sp³-hybridized carbons (Fsp3) is 0.682. The van der Waals surface area contributed by atoms with E-state index in [1.165, 1.54) is 62.5 Å². The van der Waals surface area contributed by atoms with Crippen molar-refractivity contribution in [2.75, 3.05) is 19.7 Å². The number of carbonyl (C=O) groups excluding carboxylic acids is 2. The summed E-state index contributed by atoms with van der Waals surface area (Å²) in [6.07, 6.45) is 22.3. The molecule has 1 aliphatic heterocycles. The van der Waals surface area contributed by atoms with Crippen LogP contribution in [0.15, 0.2) is 61.1 Å². The summed E-state index contributed by atoms with van der Waals surface area (Å²) in [5, 5.41) is 0. The average Bonchev–Trinajstić information content (AvgIpc) is 3.10. The lowest BCUT2D eigenvalue weighted by Gasteiger charge is -2.34. The number of likely N-dealkylation sites (tertiary alicyclic amines) is 1. The molecule has 274 valence electrons. The maximum absolute atomic E-state index is 13.0. The van der Waals surface area contributed by atoms with E-state index in [9.17, 15) is 9.59 Å². The lowest BCUT2D eigenvalue weighted by Crippen LogP contribution is -2.41. The lowest BCUT2D eigenvalue weighted by molar-refractivity contribution is -0.136. The molecule has 1 aromatic carbocycles. The van der Waals surface area contributed by atoms with E-state index in [-0.39, 0.29) is 5.92 Å². The highest BCUT2D eigenvalue weighted by Gasteiger charge is 2.29. The van der Waals surface area contributed by atoms with Crippen molar-refractivity contribution in [3.63, 3.8) is 0 Å². The highest BCUT2D eigenvalue weighted by Crippen LogP contribution is 2.33. The Morgan fingerprint density at radius 3 is 1.98 bits per heavy atom. The minimum Gasteiger partial charge on any atom is -0.498 e. The molecule has 0 radical (unpaired) electrons. The Hall–Kier alpha value is -2.82. The number of hydrogen-bond acceptors (Lipinski definition) is 4. The Balaban J connectivity index is 1.20. The van der Waals surface area contributed by atoms with E-state index in [1.807, 2.05) is 4.90 Å². The predicted molar refractivity (Wildman–Crippen MR) is 204 cm³/mol. The quantitative estimate of drug-likeness (QED) is 0.0588. The lowest BCUT2D eigenvalue weighted by atomic mass is 9.79. The maximum atomic E-state index is 13.0. The minimum absolute atomic E-state index is 0.170. The molecule has 0 unspecified atom stereocenters. The number of rotatable bonds is 25. The molecule has 0 aromatic heterocycles. The summed E-state index contributed by atoms with van der Waals surface area (Å²) in [6, 6.07) is 8.53. The molecule has 0 bridgehead atoms. The molecule has 0 atom stereocenters. The number of allylic oxidation sites excluding steroid dienone is 3. The summed E-state index contributed by atoms with van der Waals surface area (Å²) in [6.45, 7) is 19.3. The molecule has 5 heteroatoms. The van der Waals surface area contributed by atoms with E-state index in [0.29, 0.717) is 43.2 Å². The third-order valence-corrected chi connectivity index (χ3v) is 10.8. The number of nitrogens with zero attached hydrogens (tertiary/aromatic N) is 1. The fourth-order valence-corrected chi connectivity index (χ4v) is 7.42. The number of ketones is 1. The van der Waals surface area contributed by atoms with Crippen molar-refractivity contribution in [1.29, 1.82) is 0 Å². The van der Waals surface area contributed by atoms with Crippen LogP contribution in [0.25, 0.3) is 0 Å². The zero-order chi connectivity index (χ0) is 35.3. The highest BCUT2D eigenvalue weighted by atomic mass is 16.5. The SMILES string of the molecule is C=C(C)CCCCCCCC(=C)OCc1ccc(CC(=C)OCCC2CCC(CC(=O)N3CCC(C(=O)CCCCCC)CC3)CC2)cc1. The molecular weight excluding hydrogens is 606 g/mol. The van der Waals surface area contributed by atoms with E-state index >= 15 is 0 Å². The fourth-order valence-electron chi connectivity index (χ4n) is 7.42. The van der Waals surface area contributed by atoms with Gasteiger partial charge in [-0.15, -0.1) is 6.58 Å². The van der Waals surface area contributed by atoms with Gasteiger partial charge >= 0.3 is 0 Å². The van der Waals surface area contributed by atoms with Crippen LogP contribution in [0.3, 0.4) is 0 Å². The smallest absolute Gasteiger partial charge is 0.222 e. The van der Waals surface area contributed by atoms with Crippen molar-refractivity contribution in [2.24, 2.45) is 17.8 Å². The number of Topliss-reactive ketones (excluding diaryl/α,β-unsaturated/α-hetero) is 1. The van der Waals surface area contributed by atoms with Crippen molar-refractivity contribution in [2.45, 2.75) is 155 Å². The van der Waals surface area contributed by atoms with Gasteiger partial charge in [0, 0.05) is 44.7 Å². The first-order chi connectivity index (χ1) is 23.7. The van der Waals surface area contributed by atoms with E-state index in [4.69, 9.17) is 9.47 Å². The number of hydrogen-bond donors (Lipinski definition) is 0. The summed E-state index contributed by atoms with van der Waals surface area (Å²) >= 11 is 0. The first-order valence-corrected chi connectivity index (χ1v) is 19.9. The Kier molecular flexibility index (Phi) is 19.5. The van der Waals surface area contributed by atoms with Crippen LogP contribution in [0, 0.1) is 17.8 Å². The summed E-state index contributed by atoms with van der Waals surface area (Å²) in [4.78, 5) is 27.6. The number of benzene rings is 1. The summed E-state index contributed by atoms with van der Waals surface area (Å²) in [5.74, 6) is 3.75. The summed E-state index contributed by atoms with van der Waals surface area (Å²) < 4.78 is 12.0. The second-order valence-corrected chi connectivity index (χ2v) is 15.2. The summed E-state index contributed by atoms with van der Waals surface area (Å²) in [7, 11) is 0. The van der Waals surface area contributed by atoms with Gasteiger partial charge in [-0.1, -0.05) is 101 Å². The van der Waals surface area contributed by atoms with Gasteiger partial charge in [0.15, 0.2) is 0 Å². The van der Waals surface area contributed by atoms with Gasteiger partial charge in [-0.05, 0) is 87.7 Å². The van der Waals surface area contributed by atoms with Gasteiger partial charge in [-0.25, -0.2) is 0 Å². The first kappa shape index (κ1) is 40.6. The zero-order valence-corrected chi connectivity index (χ0v) is 31.4. The molecular formula is C44H69NO4. The molecule has 3 rings (SSSR count). The van der Waals surface area contributed by atoms with E-state index in [1.54, 1.807) is 0 Å². The van der Waals surface area contributed by atoms with Crippen molar-refractivity contribution in [3.05, 3.63) is 72.2 Å². The molecule has 2 aliphatic rings. The molecule has 2 fully saturated rings. The van der Waals surface area contributed by atoms with Gasteiger partial charge in [-0.2, -0.15) is 0 Å². The second kappa shape index (κ2) is 23.6. The van der Waals surface area contributed by atoms with Crippen LogP contribution in [0.4, 0.5) is 0 Å². The van der Waals surface area contributed by atoms with Crippen LogP contribution in [0.2, 0.25) is 0 Å². The van der Waals surface area contributed by atoms with E-state index < -0.39 is 0 Å². The highest BCUT2D eigenvalue weighted by molar-refractivity contribution is 5.82. The number of piperidine rings is 1. The largest absolute Gasteiger partial charge is 0.498 e. The van der Waals surface area contributed by atoms with Crippen LogP contribution < -0.4 is 0 Å². The minimum atomic E-state index is 0.170. The standard InChI is InChI=1S/C44H69NO4/c1-6-7-8-14-17-43(46)42-26-29-45(30-27-42)44(47)33-40-20-18-38(19-21-40)28-31-48-37(5)32-39-22-24-41(25-23-39)34-49-36(4)16-13-11-9-10-12-15-35(2)3/h22-25,38,40,42H,2,4-21,26-34H2,1,3H3. The van der Waals surface area contributed by atoms with E-state index in [2.05, 4.69) is 57.8 Å². The molecule has 0 N–H and O–H groups in total. The van der Waals surface area contributed by atoms with Gasteiger partial charge < -0.3 is 14.4 Å². The van der Waals surface area contributed by atoms with E-state index in [0.717, 1.165) is 107 Å². The normalized spacial score (nSPS) is 18.2. The molecule has 1 aliphatic carbocycles. The Bertz CT molecular complexity index is 1140. The summed E-state index contributed by atoms with van der Waals surface area (Å²) in [5.41, 5.74) is 3.63. The number of unbranched alkanes of at least 4 members (excludes halogenated alkanes) is 7. The Morgan fingerprint density at radius 1 is 0.714 bits per heavy atom. The van der Waals surface area contributed by atoms with Crippen molar-refractivity contribution in [3.8, 4) is 0 Å². The number of amides is 1. The van der Waals surface area contributed by atoms with Gasteiger partial charge in [0.25, 0.3) is 0 Å². The van der Waals surface area contributed by atoms with Crippen LogP contribution >= 0.6 is 0 Å². The van der Waals surface area contributed by atoms with Crippen LogP contribution in [-0.2, 0) is 32.1 Å². The first-order valence-electron chi connectivity index (χ1n) is 19.9. The second-order valence-electron chi connectivity index (χ2n) is 15.2. The van der Waals surface area contributed by atoms with Gasteiger partial charge in [0.05, 0.1) is 18.1 Å². The number of ether oxygens (including phenoxy) is 2. The van der Waals surface area contributed by atoms with Gasteiger partial charge in [0.2, 0.25) is 5.91 Å². The molecule has 1 saturated heterocycles. The van der Waals surface area contributed by atoms with Crippen molar-refractivity contribution < 1.29 is 19.1 Å². The third-order valence-electron chi connectivity index (χ3n) is 10.8. The molecule has 1 amide bonds. The molecule has 1 saturated carbocycles. The molecule has 49 heavy (non-hydrogen) atoms. The van der Waals surface area contributed by atoms with Crippen LogP contribution in [0.5, 0.6) is 0 Å². The monoisotopic (exact) mass is 676 g/mol. The third kappa shape index (κ3) is 17.1. The molecule has 1 heterocycles. The Morgan fingerprint density at radius 2 is 1.31 bits per heavy atom. The van der Waals surface area contributed by atoms with Gasteiger partial charge in [0.1, 0.15) is 12.4 Å². The van der Waals surface area contributed by atoms with Gasteiger partial charge in [-0.3, -0.25) is 9.59 Å². The predicted octanol–water partition coefficient (Wildman–Crippen LogP) is 11.5. The average molecular weight is 676 g/mol.